The van der Waals surface area contributed by atoms with Crippen molar-refractivity contribution in [1.29, 1.82) is 0 Å². The molecule has 4 nitrogen and oxygen atoms in total. The van der Waals surface area contributed by atoms with Gasteiger partial charge in [0.25, 0.3) is 0 Å². The summed E-state index contributed by atoms with van der Waals surface area (Å²) in [5.41, 5.74) is -0.767. The van der Waals surface area contributed by atoms with E-state index in [0.29, 0.717) is 17.8 Å². The third-order valence-corrected chi connectivity index (χ3v) is 8.80. The normalized spacial score (nSPS) is 44.9. The van der Waals surface area contributed by atoms with Gasteiger partial charge in [-0.3, -0.25) is 9.59 Å². The average Bonchev–Trinajstić information content (AvgIpc) is 2.99. The first kappa shape index (κ1) is 19.9. The predicted molar refractivity (Wildman–Crippen MR) is 107 cm³/mol. The van der Waals surface area contributed by atoms with Gasteiger partial charge in [-0.05, 0) is 81.6 Å². The standard InChI is InChI=1S/C23H35FN2O2/c1-21(2,13-24)26-20(28)17-7-6-15-14-5-8-18-23(4,12-10-19(27)25-18)16(14)9-11-22(15,17)3/h10,12,14-18H,5-9,11,13H2,1-4H3,(H,25,27)(H,26,28)/t14-,15-,16+,17?,18?,22-,23+/m0/s1. The molecule has 28 heavy (non-hydrogen) atoms. The topological polar surface area (TPSA) is 58.2 Å². The van der Waals surface area contributed by atoms with Crippen LogP contribution in [0.5, 0.6) is 0 Å². The molecule has 2 unspecified atom stereocenters. The average molecular weight is 391 g/mol. The minimum absolute atomic E-state index is 0.00245. The molecule has 7 atom stereocenters. The molecule has 0 saturated heterocycles. The van der Waals surface area contributed by atoms with E-state index < -0.39 is 12.2 Å². The molecule has 0 aromatic rings. The highest BCUT2D eigenvalue weighted by atomic mass is 19.1. The summed E-state index contributed by atoms with van der Waals surface area (Å²) in [6.45, 7) is 7.58. The van der Waals surface area contributed by atoms with Gasteiger partial charge in [-0.25, -0.2) is 4.39 Å². The summed E-state index contributed by atoms with van der Waals surface area (Å²) in [5, 5.41) is 6.16. The van der Waals surface area contributed by atoms with Gasteiger partial charge in [0.15, 0.2) is 0 Å². The maximum atomic E-state index is 13.2. The second-order valence-electron chi connectivity index (χ2n) is 10.9. The SMILES string of the molecule is CC(C)(CF)NC(=O)C1CC[C@H]2[C@@H]3CCC4NC(=O)C=C[C@]4(C)[C@@H]3CC[C@]12C. The van der Waals surface area contributed by atoms with E-state index in [0.717, 1.165) is 38.5 Å². The van der Waals surface area contributed by atoms with Crippen molar-refractivity contribution in [3.63, 3.8) is 0 Å². The number of halogens is 1. The van der Waals surface area contributed by atoms with E-state index in [1.165, 1.54) is 0 Å². The Balaban J connectivity index is 1.56. The highest BCUT2D eigenvalue weighted by molar-refractivity contribution is 5.89. The molecule has 3 saturated carbocycles. The van der Waals surface area contributed by atoms with Crippen LogP contribution >= 0.6 is 0 Å². The zero-order chi connectivity index (χ0) is 20.3. The van der Waals surface area contributed by atoms with Crippen molar-refractivity contribution in [3.05, 3.63) is 12.2 Å². The molecule has 1 heterocycles. The molecule has 0 radical (unpaired) electrons. The van der Waals surface area contributed by atoms with Gasteiger partial charge < -0.3 is 10.6 Å². The highest BCUT2D eigenvalue weighted by Gasteiger charge is 2.61. The van der Waals surface area contributed by atoms with Crippen LogP contribution in [-0.4, -0.2) is 30.1 Å². The highest BCUT2D eigenvalue weighted by Crippen LogP contribution is 2.65. The molecule has 5 heteroatoms. The van der Waals surface area contributed by atoms with Crippen LogP contribution in [0.15, 0.2) is 12.2 Å². The van der Waals surface area contributed by atoms with Crippen molar-refractivity contribution in [2.24, 2.45) is 34.5 Å². The van der Waals surface area contributed by atoms with E-state index in [2.05, 4.69) is 30.6 Å². The van der Waals surface area contributed by atoms with Crippen molar-refractivity contribution in [2.45, 2.75) is 77.8 Å². The summed E-state index contributed by atoms with van der Waals surface area (Å²) in [7, 11) is 0. The van der Waals surface area contributed by atoms with Gasteiger partial charge in [-0.2, -0.15) is 0 Å². The van der Waals surface area contributed by atoms with Crippen LogP contribution in [-0.2, 0) is 9.59 Å². The zero-order valence-corrected chi connectivity index (χ0v) is 17.7. The molecule has 0 bridgehead atoms. The molecule has 4 aliphatic rings. The van der Waals surface area contributed by atoms with Gasteiger partial charge in [0, 0.05) is 17.4 Å². The van der Waals surface area contributed by atoms with Gasteiger partial charge in [-0.1, -0.05) is 19.9 Å². The van der Waals surface area contributed by atoms with E-state index in [4.69, 9.17) is 0 Å². The molecular formula is C23H35FN2O2. The Hall–Kier alpha value is -1.39. The lowest BCUT2D eigenvalue weighted by atomic mass is 9.48. The summed E-state index contributed by atoms with van der Waals surface area (Å²) in [6, 6.07) is 0.237. The molecule has 0 aromatic heterocycles. The lowest BCUT2D eigenvalue weighted by Gasteiger charge is -2.58. The fraction of sp³-hybridized carbons (Fsp3) is 0.826. The van der Waals surface area contributed by atoms with E-state index in [-0.39, 0.29) is 34.6 Å². The lowest BCUT2D eigenvalue weighted by Crippen LogP contribution is -2.60. The molecule has 2 amide bonds. The largest absolute Gasteiger partial charge is 0.349 e. The molecule has 1 aliphatic heterocycles. The first-order chi connectivity index (χ1) is 13.1. The van der Waals surface area contributed by atoms with Crippen LogP contribution in [0.25, 0.3) is 0 Å². The smallest absolute Gasteiger partial charge is 0.243 e. The Labute approximate surface area is 168 Å². The summed E-state index contributed by atoms with van der Waals surface area (Å²) in [6.07, 6.45) is 10.2. The van der Waals surface area contributed by atoms with Crippen molar-refractivity contribution in [1.82, 2.24) is 10.6 Å². The van der Waals surface area contributed by atoms with E-state index >= 15 is 0 Å². The number of nitrogens with one attached hydrogen (secondary N) is 2. The third-order valence-electron chi connectivity index (χ3n) is 8.80. The number of rotatable bonds is 3. The summed E-state index contributed by atoms with van der Waals surface area (Å²) in [5.74, 6) is 1.76. The number of carbonyl (C=O) groups is 2. The van der Waals surface area contributed by atoms with Crippen LogP contribution in [0, 0.1) is 34.5 Å². The number of carbonyl (C=O) groups excluding carboxylic acids is 2. The second-order valence-corrected chi connectivity index (χ2v) is 10.9. The Morgan fingerprint density at radius 2 is 1.96 bits per heavy atom. The summed E-state index contributed by atoms with van der Waals surface area (Å²) >= 11 is 0. The number of hydrogen-bond acceptors (Lipinski definition) is 2. The minimum atomic E-state index is -0.792. The fourth-order valence-electron chi connectivity index (χ4n) is 7.22. The van der Waals surface area contributed by atoms with Crippen LogP contribution < -0.4 is 10.6 Å². The Morgan fingerprint density at radius 3 is 2.68 bits per heavy atom. The molecule has 2 N–H and O–H groups in total. The van der Waals surface area contributed by atoms with E-state index in [1.54, 1.807) is 19.9 Å². The van der Waals surface area contributed by atoms with Gasteiger partial charge in [0.05, 0.1) is 5.54 Å². The van der Waals surface area contributed by atoms with Crippen molar-refractivity contribution < 1.29 is 14.0 Å². The van der Waals surface area contributed by atoms with Gasteiger partial charge in [0.1, 0.15) is 6.67 Å². The van der Waals surface area contributed by atoms with E-state index in [1.807, 2.05) is 0 Å². The Kier molecular flexibility index (Phi) is 4.67. The molecule has 0 spiro atoms. The number of fused-ring (bicyclic) bond motifs is 5. The van der Waals surface area contributed by atoms with Crippen molar-refractivity contribution >= 4 is 11.8 Å². The number of alkyl halides is 1. The first-order valence-corrected chi connectivity index (χ1v) is 11.0. The van der Waals surface area contributed by atoms with Crippen molar-refractivity contribution in [2.75, 3.05) is 6.67 Å². The van der Waals surface area contributed by atoms with Gasteiger partial charge in [0.2, 0.25) is 11.8 Å². The predicted octanol–water partition coefficient (Wildman–Crippen LogP) is 3.76. The molecule has 0 aromatic carbocycles. The first-order valence-electron chi connectivity index (χ1n) is 11.0. The van der Waals surface area contributed by atoms with Crippen molar-refractivity contribution in [3.8, 4) is 0 Å². The van der Waals surface area contributed by atoms with Crippen LogP contribution in [0.1, 0.15) is 66.2 Å². The monoisotopic (exact) mass is 390 g/mol. The number of hydrogen-bond donors (Lipinski definition) is 2. The molecule has 156 valence electrons. The maximum Gasteiger partial charge on any atom is 0.243 e. The summed E-state index contributed by atoms with van der Waals surface area (Å²) < 4.78 is 13.2. The van der Waals surface area contributed by atoms with E-state index in [9.17, 15) is 14.0 Å². The van der Waals surface area contributed by atoms with Crippen LogP contribution in [0.4, 0.5) is 4.39 Å². The van der Waals surface area contributed by atoms with Gasteiger partial charge in [-0.15, -0.1) is 0 Å². The molecule has 3 aliphatic carbocycles. The minimum Gasteiger partial charge on any atom is -0.349 e. The second kappa shape index (κ2) is 6.56. The Morgan fingerprint density at radius 1 is 1.21 bits per heavy atom. The summed E-state index contributed by atoms with van der Waals surface area (Å²) in [4.78, 5) is 24.9. The molecule has 3 fully saturated rings. The fourth-order valence-corrected chi connectivity index (χ4v) is 7.22. The zero-order valence-electron chi connectivity index (χ0n) is 17.7. The third kappa shape index (κ3) is 2.91. The Bertz CT molecular complexity index is 705. The molecule has 4 rings (SSSR count). The van der Waals surface area contributed by atoms with Gasteiger partial charge >= 0.3 is 0 Å². The van der Waals surface area contributed by atoms with Crippen LogP contribution in [0.2, 0.25) is 0 Å². The number of amides is 2. The van der Waals surface area contributed by atoms with Crippen LogP contribution in [0.3, 0.4) is 0 Å². The molecular weight excluding hydrogens is 355 g/mol. The maximum absolute atomic E-state index is 13.2. The lowest BCUT2D eigenvalue weighted by molar-refractivity contribution is -0.135. The quantitative estimate of drug-likeness (QED) is 0.771.